The topological polar surface area (TPSA) is 52.6 Å². The Morgan fingerprint density at radius 1 is 1.19 bits per heavy atom. The molecule has 0 aliphatic carbocycles. The lowest BCUT2D eigenvalue weighted by Crippen LogP contribution is -2.00. The van der Waals surface area contributed by atoms with Crippen LogP contribution in [0.15, 0.2) is 42.5 Å². The van der Waals surface area contributed by atoms with E-state index in [1.807, 2.05) is 12.1 Å². The first-order chi connectivity index (χ1) is 13.1. The second kappa shape index (κ2) is 11.4. The van der Waals surface area contributed by atoms with Crippen molar-refractivity contribution in [2.45, 2.75) is 18.8 Å². The lowest BCUT2D eigenvalue weighted by Gasteiger charge is -2.09. The maximum atomic E-state index is 11.1. The molecule has 0 heterocycles. The first kappa shape index (κ1) is 20.9. The van der Waals surface area contributed by atoms with E-state index in [0.717, 1.165) is 23.4 Å². The zero-order chi connectivity index (χ0) is 19.5. The number of ether oxygens (including phenoxy) is 2. The number of hydrogen-bond donors (Lipinski definition) is 0. The monoisotopic (exact) mass is 400 g/mol. The third-order valence-electron chi connectivity index (χ3n) is 3.55. The minimum atomic E-state index is -0.186. The van der Waals surface area contributed by atoms with Gasteiger partial charge in [-0.25, -0.2) is 0 Å². The molecule has 140 valence electrons. The van der Waals surface area contributed by atoms with Gasteiger partial charge in [-0.1, -0.05) is 51.8 Å². The molecule has 0 saturated carbocycles. The van der Waals surface area contributed by atoms with Crippen molar-refractivity contribution in [3.05, 3.63) is 64.7 Å². The van der Waals surface area contributed by atoms with E-state index in [-0.39, 0.29) is 5.97 Å². The SMILES string of the molecule is C#Cc1cc(C=O)cc(OCc2cccc(CSSCCC(=O)OC)c2)c1. The Balaban J connectivity index is 1.86. The minimum Gasteiger partial charge on any atom is -0.489 e. The van der Waals surface area contributed by atoms with Crippen molar-refractivity contribution in [2.24, 2.45) is 0 Å². The van der Waals surface area contributed by atoms with Gasteiger partial charge in [0.05, 0.1) is 13.5 Å². The van der Waals surface area contributed by atoms with Gasteiger partial charge in [-0.3, -0.25) is 9.59 Å². The Hall–Kier alpha value is -2.36. The molecule has 4 nitrogen and oxygen atoms in total. The number of carbonyl (C=O) groups excluding carboxylic acids is 2. The van der Waals surface area contributed by atoms with Gasteiger partial charge in [0.2, 0.25) is 0 Å². The number of hydrogen-bond acceptors (Lipinski definition) is 6. The van der Waals surface area contributed by atoms with Crippen LogP contribution in [0.3, 0.4) is 0 Å². The third kappa shape index (κ3) is 7.41. The molecule has 6 heteroatoms. The zero-order valence-corrected chi connectivity index (χ0v) is 16.6. The van der Waals surface area contributed by atoms with Crippen LogP contribution in [0.5, 0.6) is 5.75 Å². The van der Waals surface area contributed by atoms with E-state index in [4.69, 9.17) is 11.2 Å². The number of aldehydes is 1. The maximum absolute atomic E-state index is 11.1. The zero-order valence-electron chi connectivity index (χ0n) is 15.0. The van der Waals surface area contributed by atoms with Crippen LogP contribution in [0.1, 0.15) is 33.5 Å². The smallest absolute Gasteiger partial charge is 0.306 e. The first-order valence-corrected chi connectivity index (χ1v) is 10.7. The average molecular weight is 401 g/mol. The van der Waals surface area contributed by atoms with Gasteiger partial charge in [-0.2, -0.15) is 0 Å². The van der Waals surface area contributed by atoms with Crippen LogP contribution >= 0.6 is 21.6 Å². The number of carbonyl (C=O) groups is 2. The molecule has 0 fully saturated rings. The molecule has 0 spiro atoms. The predicted molar refractivity (Wildman–Crippen MR) is 111 cm³/mol. The summed E-state index contributed by atoms with van der Waals surface area (Å²) in [5, 5.41) is 0. The third-order valence-corrected chi connectivity index (χ3v) is 5.90. The quantitative estimate of drug-likeness (QED) is 0.192. The Labute approximate surface area is 167 Å². The molecule has 0 radical (unpaired) electrons. The summed E-state index contributed by atoms with van der Waals surface area (Å²) in [6.07, 6.45) is 6.58. The van der Waals surface area contributed by atoms with Crippen molar-refractivity contribution in [3.8, 4) is 18.1 Å². The number of rotatable bonds is 10. The molecule has 0 saturated heterocycles. The standard InChI is InChI=1S/C21H20O4S2/c1-3-16-9-19(13-22)12-20(11-16)25-14-17-5-4-6-18(10-17)15-27-26-8-7-21(23)24-2/h1,4-6,9-13H,7-8,14-15H2,2H3. The highest BCUT2D eigenvalue weighted by Gasteiger charge is 2.04. The van der Waals surface area contributed by atoms with Gasteiger partial charge < -0.3 is 9.47 Å². The fourth-order valence-corrected chi connectivity index (χ4v) is 4.26. The summed E-state index contributed by atoms with van der Waals surface area (Å²) in [7, 11) is 4.75. The molecule has 27 heavy (non-hydrogen) atoms. The number of esters is 1. The van der Waals surface area contributed by atoms with E-state index < -0.39 is 0 Å². The van der Waals surface area contributed by atoms with Gasteiger partial charge in [-0.05, 0) is 29.3 Å². The summed E-state index contributed by atoms with van der Waals surface area (Å²) < 4.78 is 10.4. The first-order valence-electron chi connectivity index (χ1n) is 8.23. The average Bonchev–Trinajstić information content (AvgIpc) is 2.71. The van der Waals surface area contributed by atoms with Gasteiger partial charge in [0.25, 0.3) is 0 Å². The fraction of sp³-hybridized carbons (Fsp3) is 0.238. The Morgan fingerprint density at radius 2 is 2.00 bits per heavy atom. The Morgan fingerprint density at radius 3 is 2.74 bits per heavy atom. The summed E-state index contributed by atoms with van der Waals surface area (Å²) in [5.41, 5.74) is 3.32. The van der Waals surface area contributed by atoms with Crippen molar-refractivity contribution in [1.29, 1.82) is 0 Å². The molecule has 2 aromatic carbocycles. The second-order valence-electron chi connectivity index (χ2n) is 5.57. The fourth-order valence-electron chi connectivity index (χ4n) is 2.23. The summed E-state index contributed by atoms with van der Waals surface area (Å²) in [4.78, 5) is 22.1. The predicted octanol–water partition coefficient (Wildman–Crippen LogP) is 4.50. The molecule has 0 atom stereocenters. The number of terminal acetylenes is 1. The molecule has 0 aliphatic rings. The molecule has 0 N–H and O–H groups in total. The Bertz CT molecular complexity index is 827. The highest BCUT2D eigenvalue weighted by Crippen LogP contribution is 2.27. The molecule has 0 amide bonds. The van der Waals surface area contributed by atoms with E-state index >= 15 is 0 Å². The van der Waals surface area contributed by atoms with Crippen LogP contribution in [0.25, 0.3) is 0 Å². The van der Waals surface area contributed by atoms with E-state index in [1.165, 1.54) is 12.7 Å². The van der Waals surface area contributed by atoms with Gasteiger partial charge in [0.15, 0.2) is 0 Å². The molecule has 0 bridgehead atoms. The Kier molecular flexibility index (Phi) is 8.82. The van der Waals surface area contributed by atoms with E-state index in [9.17, 15) is 9.59 Å². The van der Waals surface area contributed by atoms with Gasteiger partial charge >= 0.3 is 5.97 Å². The molecular weight excluding hydrogens is 380 g/mol. The van der Waals surface area contributed by atoms with Crippen LogP contribution in [0.4, 0.5) is 0 Å². The highest BCUT2D eigenvalue weighted by atomic mass is 33.1. The normalized spacial score (nSPS) is 10.1. The summed E-state index contributed by atoms with van der Waals surface area (Å²) in [6, 6.07) is 13.2. The lowest BCUT2D eigenvalue weighted by molar-refractivity contribution is -0.140. The highest BCUT2D eigenvalue weighted by molar-refractivity contribution is 8.76. The van der Waals surface area contributed by atoms with Crippen LogP contribution in [-0.4, -0.2) is 25.1 Å². The maximum Gasteiger partial charge on any atom is 0.306 e. The van der Waals surface area contributed by atoms with Gasteiger partial charge in [-0.15, -0.1) is 6.42 Å². The number of methoxy groups -OCH3 is 1. The van der Waals surface area contributed by atoms with Gasteiger partial charge in [0.1, 0.15) is 18.6 Å². The molecule has 2 aromatic rings. The molecule has 2 rings (SSSR count). The lowest BCUT2D eigenvalue weighted by atomic mass is 10.1. The van der Waals surface area contributed by atoms with E-state index in [2.05, 4.69) is 22.8 Å². The van der Waals surface area contributed by atoms with Gasteiger partial charge in [0, 0.05) is 22.6 Å². The van der Waals surface area contributed by atoms with Crippen molar-refractivity contribution in [1.82, 2.24) is 0 Å². The van der Waals surface area contributed by atoms with Crippen molar-refractivity contribution < 1.29 is 19.1 Å². The van der Waals surface area contributed by atoms with Crippen molar-refractivity contribution in [2.75, 3.05) is 12.9 Å². The minimum absolute atomic E-state index is 0.186. The van der Waals surface area contributed by atoms with Crippen LogP contribution < -0.4 is 4.74 Å². The number of benzene rings is 2. The van der Waals surface area contributed by atoms with Crippen LogP contribution in [0, 0.1) is 12.3 Å². The summed E-state index contributed by atoms with van der Waals surface area (Å²) >= 11 is 0. The van der Waals surface area contributed by atoms with Crippen LogP contribution in [0.2, 0.25) is 0 Å². The largest absolute Gasteiger partial charge is 0.489 e. The summed E-state index contributed by atoms with van der Waals surface area (Å²) in [5.74, 6) is 4.47. The van der Waals surface area contributed by atoms with Crippen molar-refractivity contribution in [3.63, 3.8) is 0 Å². The van der Waals surface area contributed by atoms with Crippen molar-refractivity contribution >= 4 is 33.8 Å². The molecular formula is C21H20O4S2. The molecule has 0 aromatic heterocycles. The second-order valence-corrected chi connectivity index (χ2v) is 8.15. The van der Waals surface area contributed by atoms with E-state index in [0.29, 0.717) is 29.9 Å². The summed E-state index contributed by atoms with van der Waals surface area (Å²) in [6.45, 7) is 0.389. The van der Waals surface area contributed by atoms with Crippen LogP contribution in [-0.2, 0) is 21.9 Å². The molecule has 0 unspecified atom stereocenters. The van der Waals surface area contributed by atoms with E-state index in [1.54, 1.807) is 39.8 Å². The molecule has 0 aliphatic heterocycles.